The van der Waals surface area contributed by atoms with Crippen molar-refractivity contribution in [3.05, 3.63) is 0 Å². The molecular formula is C5H13BO. The Morgan fingerprint density at radius 3 is 2.00 bits per heavy atom. The van der Waals surface area contributed by atoms with Crippen molar-refractivity contribution in [2.75, 3.05) is 0 Å². The Morgan fingerprint density at radius 2 is 2.00 bits per heavy atom. The molecule has 7 heavy (non-hydrogen) atoms. The molecule has 42 valence electrons. The van der Waals surface area contributed by atoms with Gasteiger partial charge in [-0.2, -0.15) is 0 Å². The van der Waals surface area contributed by atoms with E-state index in [9.17, 15) is 0 Å². The third kappa shape index (κ3) is 2.69. The van der Waals surface area contributed by atoms with Gasteiger partial charge in [0, 0.05) is 6.10 Å². The predicted molar refractivity (Wildman–Crippen MR) is 34.2 cm³/mol. The summed E-state index contributed by atoms with van der Waals surface area (Å²) in [5.41, 5.74) is 0. The van der Waals surface area contributed by atoms with Gasteiger partial charge < -0.3 is 5.11 Å². The molecule has 2 heteroatoms. The topological polar surface area (TPSA) is 20.2 Å². The van der Waals surface area contributed by atoms with Gasteiger partial charge in [0.25, 0.3) is 0 Å². The van der Waals surface area contributed by atoms with Gasteiger partial charge in [-0.05, 0) is 5.92 Å². The van der Waals surface area contributed by atoms with Crippen molar-refractivity contribution in [3.8, 4) is 0 Å². The molecule has 0 radical (unpaired) electrons. The van der Waals surface area contributed by atoms with Crippen molar-refractivity contribution in [2.24, 2.45) is 5.92 Å². The number of aliphatic hydroxyl groups is 1. The third-order valence-electron chi connectivity index (χ3n) is 1.19. The van der Waals surface area contributed by atoms with Gasteiger partial charge in [-0.3, -0.25) is 0 Å². The van der Waals surface area contributed by atoms with Gasteiger partial charge in [0.2, 0.25) is 0 Å². The Bertz CT molecular complexity index is 45.3. The average molecular weight is 100.0 g/mol. The highest BCUT2D eigenvalue weighted by molar-refractivity contribution is 6.08. The van der Waals surface area contributed by atoms with E-state index < -0.39 is 0 Å². The third-order valence-corrected chi connectivity index (χ3v) is 1.19. The maximum Gasteiger partial charge on any atom is 0.104 e. The van der Waals surface area contributed by atoms with Crippen LogP contribution in [0.25, 0.3) is 0 Å². The lowest BCUT2D eigenvalue weighted by atomic mass is 9.92. The molecule has 0 bridgehead atoms. The summed E-state index contributed by atoms with van der Waals surface area (Å²) < 4.78 is 0. The minimum atomic E-state index is -0.0972. The van der Waals surface area contributed by atoms with Crippen molar-refractivity contribution in [1.29, 1.82) is 0 Å². The Balaban J connectivity index is 3.14. The molecule has 1 N–H and O–H groups in total. The summed E-state index contributed by atoms with van der Waals surface area (Å²) in [5.74, 6) is 0.421. The molecule has 0 aliphatic rings. The molecule has 0 aliphatic carbocycles. The lowest BCUT2D eigenvalue weighted by molar-refractivity contribution is 0.145. The highest BCUT2D eigenvalue weighted by Crippen LogP contribution is 2.02. The van der Waals surface area contributed by atoms with Crippen LogP contribution in [0.5, 0.6) is 0 Å². The predicted octanol–water partition coefficient (Wildman–Crippen LogP) is 0.0547. The van der Waals surface area contributed by atoms with Gasteiger partial charge in [0.05, 0.1) is 0 Å². The Kier molecular flexibility index (Phi) is 3.09. The first-order valence-corrected chi connectivity index (χ1v) is 2.86. The van der Waals surface area contributed by atoms with Crippen LogP contribution in [0.15, 0.2) is 0 Å². The fourth-order valence-corrected chi connectivity index (χ4v) is 0.471. The standard InChI is InChI=1S/C5H13BO/c1-4(2)5(7)3-6/h4-5,7H,3,6H2,1-2H3. The summed E-state index contributed by atoms with van der Waals surface area (Å²) in [5, 5.41) is 8.94. The van der Waals surface area contributed by atoms with E-state index in [0.29, 0.717) is 5.92 Å². The van der Waals surface area contributed by atoms with E-state index in [-0.39, 0.29) is 6.10 Å². The van der Waals surface area contributed by atoms with Gasteiger partial charge in [0.1, 0.15) is 7.85 Å². The molecule has 0 saturated carbocycles. The van der Waals surface area contributed by atoms with Gasteiger partial charge in [-0.25, -0.2) is 0 Å². The van der Waals surface area contributed by atoms with E-state index >= 15 is 0 Å². The monoisotopic (exact) mass is 100 g/mol. The fraction of sp³-hybridized carbons (Fsp3) is 1.00. The maximum atomic E-state index is 8.94. The van der Waals surface area contributed by atoms with E-state index in [2.05, 4.69) is 0 Å². The first-order valence-electron chi connectivity index (χ1n) is 2.86. The summed E-state index contributed by atoms with van der Waals surface area (Å²) >= 11 is 0. The van der Waals surface area contributed by atoms with Crippen molar-refractivity contribution in [2.45, 2.75) is 26.3 Å². The molecule has 0 aliphatic heterocycles. The van der Waals surface area contributed by atoms with E-state index in [1.54, 1.807) is 0 Å². The van der Waals surface area contributed by atoms with Crippen molar-refractivity contribution in [1.82, 2.24) is 0 Å². The van der Waals surface area contributed by atoms with Crippen LogP contribution in [0.1, 0.15) is 13.8 Å². The molecule has 0 rings (SSSR count). The number of hydrogen-bond acceptors (Lipinski definition) is 1. The molecule has 0 spiro atoms. The number of hydrogen-bond donors (Lipinski definition) is 1. The van der Waals surface area contributed by atoms with Crippen LogP contribution < -0.4 is 0 Å². The first-order chi connectivity index (χ1) is 3.18. The zero-order chi connectivity index (χ0) is 5.86. The zero-order valence-corrected chi connectivity index (χ0v) is 5.31. The smallest absolute Gasteiger partial charge is 0.104 e. The van der Waals surface area contributed by atoms with Crippen LogP contribution in [0, 0.1) is 5.92 Å². The molecule has 1 atom stereocenters. The van der Waals surface area contributed by atoms with Crippen LogP contribution in [0.3, 0.4) is 0 Å². The second-order valence-corrected chi connectivity index (χ2v) is 2.22. The van der Waals surface area contributed by atoms with Crippen molar-refractivity contribution < 1.29 is 5.11 Å². The lowest BCUT2D eigenvalue weighted by Gasteiger charge is -2.09. The van der Waals surface area contributed by atoms with Gasteiger partial charge in [0.15, 0.2) is 0 Å². The number of rotatable bonds is 2. The largest absolute Gasteiger partial charge is 0.394 e. The van der Waals surface area contributed by atoms with Gasteiger partial charge >= 0.3 is 0 Å². The molecule has 0 aromatic carbocycles. The highest BCUT2D eigenvalue weighted by Gasteiger charge is 2.03. The lowest BCUT2D eigenvalue weighted by Crippen LogP contribution is -2.12. The van der Waals surface area contributed by atoms with Crippen LogP contribution in [0.2, 0.25) is 6.32 Å². The quantitative estimate of drug-likeness (QED) is 0.486. The summed E-state index contributed by atoms with van der Waals surface area (Å²) in [4.78, 5) is 0. The van der Waals surface area contributed by atoms with Gasteiger partial charge in [-0.1, -0.05) is 20.2 Å². The Labute approximate surface area is 46.1 Å². The van der Waals surface area contributed by atoms with Crippen LogP contribution in [0.4, 0.5) is 0 Å². The maximum absolute atomic E-state index is 8.94. The molecule has 0 amide bonds. The van der Waals surface area contributed by atoms with Gasteiger partial charge in [-0.15, -0.1) is 0 Å². The molecule has 0 heterocycles. The summed E-state index contributed by atoms with van der Waals surface area (Å²) in [6.07, 6.45) is 0.775. The van der Waals surface area contributed by atoms with Crippen LogP contribution in [-0.4, -0.2) is 19.1 Å². The Morgan fingerprint density at radius 1 is 1.57 bits per heavy atom. The van der Waals surface area contributed by atoms with Crippen LogP contribution in [-0.2, 0) is 0 Å². The summed E-state index contributed by atoms with van der Waals surface area (Å²) in [6.45, 7) is 4.04. The summed E-state index contributed by atoms with van der Waals surface area (Å²) in [7, 11) is 1.99. The second kappa shape index (κ2) is 3.08. The van der Waals surface area contributed by atoms with E-state index in [4.69, 9.17) is 5.11 Å². The van der Waals surface area contributed by atoms with Crippen molar-refractivity contribution >= 4 is 7.85 Å². The summed E-state index contributed by atoms with van der Waals surface area (Å²) in [6, 6.07) is 0. The SMILES string of the molecule is BCC(O)C(C)C. The molecule has 0 fully saturated rings. The van der Waals surface area contributed by atoms with E-state index in [0.717, 1.165) is 6.32 Å². The minimum Gasteiger partial charge on any atom is -0.394 e. The zero-order valence-electron chi connectivity index (χ0n) is 5.31. The van der Waals surface area contributed by atoms with E-state index in [1.807, 2.05) is 21.7 Å². The minimum absolute atomic E-state index is 0.0972. The van der Waals surface area contributed by atoms with Crippen LogP contribution >= 0.6 is 0 Å². The van der Waals surface area contributed by atoms with Crippen molar-refractivity contribution in [3.63, 3.8) is 0 Å². The first kappa shape index (κ1) is 7.02. The Hall–Kier alpha value is 0.0249. The van der Waals surface area contributed by atoms with E-state index in [1.165, 1.54) is 0 Å². The molecule has 0 aromatic heterocycles. The normalized spacial score (nSPS) is 14.9. The fourth-order valence-electron chi connectivity index (χ4n) is 0.471. The molecule has 1 unspecified atom stereocenters. The average Bonchev–Trinajstić information content (AvgIpc) is 1.65. The number of aliphatic hydroxyl groups excluding tert-OH is 1. The second-order valence-electron chi connectivity index (χ2n) is 2.22. The highest BCUT2D eigenvalue weighted by atomic mass is 16.3. The molecule has 0 saturated heterocycles. The molecule has 0 aromatic rings. The molecular weight excluding hydrogens is 86.9 g/mol. The molecule has 1 nitrogen and oxygen atoms in total.